The largest absolute Gasteiger partial charge is 0.377 e. The lowest BCUT2D eigenvalue weighted by Gasteiger charge is -2.21. The summed E-state index contributed by atoms with van der Waals surface area (Å²) in [5.41, 5.74) is 4.34. The molecule has 0 heterocycles. The summed E-state index contributed by atoms with van der Waals surface area (Å²) in [6.07, 6.45) is 5.37. The van der Waals surface area contributed by atoms with Crippen molar-refractivity contribution in [2.24, 2.45) is 4.99 Å². The molecule has 5 heteroatoms. The highest BCUT2D eigenvalue weighted by Gasteiger charge is 2.19. The van der Waals surface area contributed by atoms with E-state index >= 15 is 0 Å². The third kappa shape index (κ3) is 5.41. The second-order valence-electron chi connectivity index (χ2n) is 5.71. The molecule has 0 amide bonds. The quantitative estimate of drug-likeness (QED) is 0.435. The van der Waals surface area contributed by atoms with Gasteiger partial charge in [0.25, 0.3) is 0 Å². The van der Waals surface area contributed by atoms with Gasteiger partial charge in [0, 0.05) is 36.0 Å². The molecule has 4 nitrogen and oxygen atoms in total. The topological polar surface area (TPSA) is 44.7 Å². The van der Waals surface area contributed by atoms with E-state index in [9.17, 15) is 4.79 Å². The maximum absolute atomic E-state index is 11.3. The van der Waals surface area contributed by atoms with Crippen LogP contribution in [0.15, 0.2) is 58.6 Å². The Morgan fingerprint density at radius 2 is 2.08 bits per heavy atom. The smallest absolute Gasteiger partial charge is 0.159 e. The number of allylic oxidation sites excluding steroid dienone is 5. The lowest BCUT2D eigenvalue weighted by molar-refractivity contribution is -0.109. The van der Waals surface area contributed by atoms with Crippen molar-refractivity contribution in [3.05, 3.63) is 64.7 Å². The van der Waals surface area contributed by atoms with Crippen LogP contribution in [0.25, 0.3) is 0 Å². The molecule has 0 aromatic heterocycles. The Kier molecular flexibility index (Phi) is 8.32. The summed E-state index contributed by atoms with van der Waals surface area (Å²) in [5, 5.41) is 3.43. The van der Waals surface area contributed by atoms with Gasteiger partial charge in [-0.15, -0.1) is 0 Å². The lowest BCUT2D eigenvalue weighted by Crippen LogP contribution is -2.27. The number of aryl methyl sites for hydroxylation is 1. The summed E-state index contributed by atoms with van der Waals surface area (Å²) in [6, 6.07) is 6.12. The van der Waals surface area contributed by atoms with Crippen molar-refractivity contribution in [3.8, 4) is 0 Å². The van der Waals surface area contributed by atoms with Gasteiger partial charge < -0.3 is 4.90 Å². The average Bonchev–Trinajstić information content (AvgIpc) is 2.60. The zero-order valence-corrected chi connectivity index (χ0v) is 16.3. The molecule has 0 aliphatic carbocycles. The van der Waals surface area contributed by atoms with E-state index < -0.39 is 6.17 Å². The number of rotatable bonds is 8. The second kappa shape index (κ2) is 9.97. The predicted molar refractivity (Wildman–Crippen MR) is 109 cm³/mol. The van der Waals surface area contributed by atoms with E-state index in [-0.39, 0.29) is 0 Å². The normalized spacial score (nSPS) is 14.2. The van der Waals surface area contributed by atoms with Gasteiger partial charge in [-0.1, -0.05) is 48.0 Å². The van der Waals surface area contributed by atoms with Crippen LogP contribution in [-0.2, 0) is 4.79 Å². The Morgan fingerprint density at radius 1 is 1.40 bits per heavy atom. The molecular formula is C20H26ClN3O. The van der Waals surface area contributed by atoms with Gasteiger partial charge in [-0.3, -0.25) is 15.1 Å². The molecule has 1 unspecified atom stereocenters. The Bertz CT molecular complexity index is 718. The molecule has 0 saturated heterocycles. The minimum absolute atomic E-state index is 0.547. The number of likely N-dealkylation sites (N-methyl/N-ethyl adjacent to an activating group) is 1. The van der Waals surface area contributed by atoms with E-state index in [0.717, 1.165) is 28.7 Å². The molecule has 134 valence electrons. The fourth-order valence-electron chi connectivity index (χ4n) is 2.36. The number of carbonyl (C=O) groups is 1. The summed E-state index contributed by atoms with van der Waals surface area (Å²) >= 11 is 6.44. The first-order chi connectivity index (χ1) is 11.9. The van der Waals surface area contributed by atoms with Crippen LogP contribution in [-0.4, -0.2) is 39.3 Å². The third-order valence-electron chi connectivity index (χ3n) is 3.63. The fourth-order valence-corrected chi connectivity index (χ4v) is 2.51. The number of nitrogens with zero attached hydrogens (tertiary/aromatic N) is 2. The number of aliphatic imine (C=N–C) groups is 1. The van der Waals surface area contributed by atoms with Gasteiger partial charge in [-0.2, -0.15) is 0 Å². The van der Waals surface area contributed by atoms with E-state index in [1.165, 1.54) is 0 Å². The van der Waals surface area contributed by atoms with Crippen LogP contribution in [0.4, 0.5) is 5.69 Å². The van der Waals surface area contributed by atoms with Crippen LogP contribution in [0.2, 0.25) is 0 Å². The number of aldehydes is 1. The van der Waals surface area contributed by atoms with E-state index in [2.05, 4.69) is 16.9 Å². The van der Waals surface area contributed by atoms with E-state index in [1.54, 1.807) is 25.3 Å². The fraction of sp³-hybridized carbons (Fsp3) is 0.300. The minimum atomic E-state index is -0.667. The molecule has 0 spiro atoms. The Hall–Kier alpha value is -2.17. The van der Waals surface area contributed by atoms with Crippen molar-refractivity contribution in [2.45, 2.75) is 20.0 Å². The van der Waals surface area contributed by atoms with Gasteiger partial charge in [0.05, 0.1) is 5.71 Å². The highest BCUT2D eigenvalue weighted by molar-refractivity contribution is 6.37. The van der Waals surface area contributed by atoms with Crippen molar-refractivity contribution in [3.63, 3.8) is 0 Å². The van der Waals surface area contributed by atoms with Gasteiger partial charge in [0.2, 0.25) is 0 Å². The second-order valence-corrected chi connectivity index (χ2v) is 6.12. The molecule has 0 saturated carbocycles. The summed E-state index contributed by atoms with van der Waals surface area (Å²) in [4.78, 5) is 18.0. The average molecular weight is 360 g/mol. The Labute approximate surface area is 155 Å². The molecule has 0 aliphatic rings. The van der Waals surface area contributed by atoms with Gasteiger partial charge in [0.15, 0.2) is 12.5 Å². The maximum Gasteiger partial charge on any atom is 0.159 e. The number of hydrogen-bond donors (Lipinski definition) is 1. The van der Waals surface area contributed by atoms with E-state index in [4.69, 9.17) is 11.6 Å². The maximum atomic E-state index is 11.3. The molecule has 25 heavy (non-hydrogen) atoms. The summed E-state index contributed by atoms with van der Waals surface area (Å²) in [7, 11) is 5.63. The van der Waals surface area contributed by atoms with Crippen LogP contribution in [0.5, 0.6) is 0 Å². The minimum Gasteiger partial charge on any atom is -0.377 e. The Morgan fingerprint density at radius 3 is 2.56 bits per heavy atom. The van der Waals surface area contributed by atoms with Crippen LogP contribution in [0, 0.1) is 6.92 Å². The first-order valence-electron chi connectivity index (χ1n) is 8.03. The third-order valence-corrected chi connectivity index (χ3v) is 4.05. The zero-order valence-electron chi connectivity index (χ0n) is 15.5. The van der Waals surface area contributed by atoms with Crippen LogP contribution in [0.1, 0.15) is 18.1 Å². The van der Waals surface area contributed by atoms with Crippen LogP contribution >= 0.6 is 11.6 Å². The number of hydrogen-bond acceptors (Lipinski definition) is 4. The van der Waals surface area contributed by atoms with Gasteiger partial charge in [-0.05, 0) is 33.0 Å². The molecular weight excluding hydrogens is 334 g/mol. The van der Waals surface area contributed by atoms with Crippen LogP contribution in [0.3, 0.4) is 0 Å². The van der Waals surface area contributed by atoms with Crippen molar-refractivity contribution in [1.29, 1.82) is 0 Å². The summed E-state index contributed by atoms with van der Waals surface area (Å²) in [5.74, 6) is 0. The molecule has 0 bridgehead atoms. The molecule has 0 radical (unpaired) electrons. The van der Waals surface area contributed by atoms with Crippen molar-refractivity contribution in [1.82, 2.24) is 5.32 Å². The first-order valence-corrected chi connectivity index (χ1v) is 8.41. The molecule has 1 aromatic rings. The van der Waals surface area contributed by atoms with Crippen molar-refractivity contribution < 1.29 is 4.79 Å². The molecule has 1 atom stereocenters. The van der Waals surface area contributed by atoms with Gasteiger partial charge in [-0.25, -0.2) is 0 Å². The first kappa shape index (κ1) is 20.9. The number of anilines is 1. The Balaban J connectivity index is 3.80. The van der Waals surface area contributed by atoms with Crippen molar-refractivity contribution in [2.75, 3.05) is 26.0 Å². The summed E-state index contributed by atoms with van der Waals surface area (Å²) in [6.45, 7) is 7.65. The van der Waals surface area contributed by atoms with E-state index in [0.29, 0.717) is 10.7 Å². The molecule has 1 N–H and O–H groups in total. The van der Waals surface area contributed by atoms with E-state index in [1.807, 2.05) is 51.0 Å². The van der Waals surface area contributed by atoms with Gasteiger partial charge >= 0.3 is 0 Å². The van der Waals surface area contributed by atoms with Crippen molar-refractivity contribution >= 4 is 29.3 Å². The highest BCUT2D eigenvalue weighted by atomic mass is 35.5. The summed E-state index contributed by atoms with van der Waals surface area (Å²) < 4.78 is 0. The lowest BCUT2D eigenvalue weighted by atomic mass is 9.97. The molecule has 1 rings (SSSR count). The molecule has 1 aromatic carbocycles. The number of halogens is 1. The zero-order chi connectivity index (χ0) is 19.0. The SMILES string of the molecule is C=C/C=C(C(\Cl)=C/C)/C(=N/C(C=O)NC)c1cc(C)ccc1N(C)C. The van der Waals surface area contributed by atoms with Gasteiger partial charge in [0.1, 0.15) is 0 Å². The molecule has 0 aliphatic heterocycles. The highest BCUT2D eigenvalue weighted by Crippen LogP contribution is 2.28. The standard InChI is InChI=1S/C20H26ClN3O/c1-7-9-15(17(21)8-2)20(23-19(13-25)22-4)16-12-14(3)10-11-18(16)24(5)6/h7-13,19,22H,1H2,2-6H3/b15-9+,17-8+,23-20-. The number of benzene rings is 1. The number of nitrogens with one attached hydrogen (secondary N) is 1. The van der Waals surface area contributed by atoms with Crippen LogP contribution < -0.4 is 10.2 Å². The number of carbonyl (C=O) groups excluding carboxylic acids is 1. The predicted octanol–water partition coefficient (Wildman–Crippen LogP) is 3.85. The monoisotopic (exact) mass is 359 g/mol. The molecule has 0 fully saturated rings.